The second kappa shape index (κ2) is 5.56. The van der Waals surface area contributed by atoms with E-state index in [1.165, 1.54) is 0 Å². The zero-order valence-corrected chi connectivity index (χ0v) is 11.3. The molecule has 2 N–H and O–H groups in total. The summed E-state index contributed by atoms with van der Waals surface area (Å²) in [4.78, 5) is 8.33. The van der Waals surface area contributed by atoms with E-state index in [9.17, 15) is 0 Å². The highest BCUT2D eigenvalue weighted by Gasteiger charge is 2.09. The third-order valence-electron chi connectivity index (χ3n) is 2.89. The van der Waals surface area contributed by atoms with E-state index in [0.29, 0.717) is 18.1 Å². The maximum Gasteiger partial charge on any atom is 0.130 e. The van der Waals surface area contributed by atoms with Gasteiger partial charge in [0.2, 0.25) is 0 Å². The molecule has 5 nitrogen and oxygen atoms in total. The van der Waals surface area contributed by atoms with Gasteiger partial charge in [-0.15, -0.1) is 0 Å². The van der Waals surface area contributed by atoms with Crippen molar-refractivity contribution < 1.29 is 9.47 Å². The molecular formula is C14H17N3O2. The van der Waals surface area contributed by atoms with Crippen LogP contribution in [0.4, 0.5) is 5.82 Å². The van der Waals surface area contributed by atoms with Gasteiger partial charge in [-0.1, -0.05) is 6.07 Å². The van der Waals surface area contributed by atoms with Crippen molar-refractivity contribution in [2.75, 3.05) is 20.0 Å². The van der Waals surface area contributed by atoms with Crippen LogP contribution in [0, 0.1) is 6.92 Å². The van der Waals surface area contributed by atoms with Crippen LogP contribution >= 0.6 is 0 Å². The van der Waals surface area contributed by atoms with E-state index in [-0.39, 0.29) is 0 Å². The number of rotatable bonds is 4. The van der Waals surface area contributed by atoms with Crippen molar-refractivity contribution in [3.63, 3.8) is 0 Å². The molecule has 2 aromatic rings. The Hall–Kier alpha value is -2.30. The second-order valence-corrected chi connectivity index (χ2v) is 4.18. The molecule has 0 spiro atoms. The Labute approximate surface area is 112 Å². The van der Waals surface area contributed by atoms with Gasteiger partial charge in [0.15, 0.2) is 0 Å². The summed E-state index contributed by atoms with van der Waals surface area (Å²) >= 11 is 0. The lowest BCUT2D eigenvalue weighted by molar-refractivity contribution is 0.391. The van der Waals surface area contributed by atoms with Gasteiger partial charge in [-0.3, -0.25) is 0 Å². The van der Waals surface area contributed by atoms with E-state index in [0.717, 1.165) is 22.6 Å². The van der Waals surface area contributed by atoms with Crippen LogP contribution in [0.1, 0.15) is 17.0 Å². The van der Waals surface area contributed by atoms with Crippen LogP contribution in [0.15, 0.2) is 24.4 Å². The first-order chi connectivity index (χ1) is 9.13. The fourth-order valence-corrected chi connectivity index (χ4v) is 1.85. The van der Waals surface area contributed by atoms with Crippen LogP contribution in [0.25, 0.3) is 0 Å². The van der Waals surface area contributed by atoms with Crippen molar-refractivity contribution in [1.82, 2.24) is 9.97 Å². The molecule has 1 heterocycles. The second-order valence-electron chi connectivity index (χ2n) is 4.18. The monoisotopic (exact) mass is 259 g/mol. The van der Waals surface area contributed by atoms with Crippen LogP contribution in [0.3, 0.4) is 0 Å². The zero-order valence-electron chi connectivity index (χ0n) is 11.3. The molecule has 0 fully saturated rings. The summed E-state index contributed by atoms with van der Waals surface area (Å²) in [5.74, 6) is 2.70. The molecule has 19 heavy (non-hydrogen) atoms. The molecule has 0 saturated heterocycles. The molecule has 100 valence electrons. The molecule has 0 saturated carbocycles. The first-order valence-electron chi connectivity index (χ1n) is 5.93. The summed E-state index contributed by atoms with van der Waals surface area (Å²) in [6.45, 7) is 1.81. The Morgan fingerprint density at radius 1 is 1.16 bits per heavy atom. The van der Waals surface area contributed by atoms with Gasteiger partial charge in [0.25, 0.3) is 0 Å². The van der Waals surface area contributed by atoms with Crippen molar-refractivity contribution in [1.29, 1.82) is 0 Å². The molecule has 1 aromatic heterocycles. The van der Waals surface area contributed by atoms with Crippen LogP contribution in [-0.4, -0.2) is 24.2 Å². The number of nitrogens with zero attached hydrogens (tertiary/aromatic N) is 2. The Kier molecular flexibility index (Phi) is 3.85. The Balaban J connectivity index is 2.32. The molecule has 0 amide bonds. The van der Waals surface area contributed by atoms with Crippen LogP contribution in [0.2, 0.25) is 0 Å². The van der Waals surface area contributed by atoms with Gasteiger partial charge in [-0.2, -0.15) is 0 Å². The van der Waals surface area contributed by atoms with E-state index < -0.39 is 0 Å². The van der Waals surface area contributed by atoms with Gasteiger partial charge in [-0.25, -0.2) is 9.97 Å². The number of methoxy groups -OCH3 is 2. The topological polar surface area (TPSA) is 70.3 Å². The predicted octanol–water partition coefficient (Wildman–Crippen LogP) is 1.98. The molecule has 0 atom stereocenters. The van der Waals surface area contributed by atoms with Gasteiger partial charge < -0.3 is 15.2 Å². The average molecular weight is 259 g/mol. The molecule has 0 unspecified atom stereocenters. The molecule has 5 heteroatoms. The normalized spacial score (nSPS) is 10.3. The lowest BCUT2D eigenvalue weighted by atomic mass is 10.1. The van der Waals surface area contributed by atoms with Crippen molar-refractivity contribution in [3.05, 3.63) is 41.3 Å². The Morgan fingerprint density at radius 3 is 2.58 bits per heavy atom. The van der Waals surface area contributed by atoms with Gasteiger partial charge in [-0.05, 0) is 18.6 Å². The minimum atomic E-state index is 0.505. The standard InChI is InChI=1S/C14H17N3O2/c1-9-16-8-11(14(15)17-9)6-10-4-5-12(18-2)7-13(10)19-3/h4-5,7-8H,6H2,1-3H3,(H2,15,16,17). The minimum Gasteiger partial charge on any atom is -0.497 e. The SMILES string of the molecule is COc1ccc(Cc2cnc(C)nc2N)c(OC)c1. The number of hydrogen-bond acceptors (Lipinski definition) is 5. The highest BCUT2D eigenvalue weighted by molar-refractivity contribution is 5.47. The van der Waals surface area contributed by atoms with Crippen molar-refractivity contribution in [2.24, 2.45) is 0 Å². The van der Waals surface area contributed by atoms with Crippen LogP contribution in [0.5, 0.6) is 11.5 Å². The minimum absolute atomic E-state index is 0.505. The third kappa shape index (κ3) is 2.93. The molecule has 0 aliphatic heterocycles. The quantitative estimate of drug-likeness (QED) is 0.909. The summed E-state index contributed by atoms with van der Waals surface area (Å²) in [6, 6.07) is 5.70. The Bertz CT molecular complexity index is 585. The van der Waals surface area contributed by atoms with E-state index >= 15 is 0 Å². The molecule has 1 aromatic carbocycles. The van der Waals surface area contributed by atoms with Crippen LogP contribution in [-0.2, 0) is 6.42 Å². The van der Waals surface area contributed by atoms with Gasteiger partial charge in [0.1, 0.15) is 23.1 Å². The third-order valence-corrected chi connectivity index (χ3v) is 2.89. The fourth-order valence-electron chi connectivity index (χ4n) is 1.85. The van der Waals surface area contributed by atoms with Gasteiger partial charge >= 0.3 is 0 Å². The number of benzene rings is 1. The molecule has 0 aliphatic rings. The summed E-state index contributed by atoms with van der Waals surface area (Å²) in [6.07, 6.45) is 2.38. The van der Waals surface area contributed by atoms with Crippen LogP contribution < -0.4 is 15.2 Å². The predicted molar refractivity (Wildman–Crippen MR) is 73.5 cm³/mol. The number of anilines is 1. The molecular weight excluding hydrogens is 242 g/mol. The van der Waals surface area contributed by atoms with E-state index in [1.54, 1.807) is 20.4 Å². The average Bonchev–Trinajstić information content (AvgIpc) is 2.42. The van der Waals surface area contributed by atoms with Crippen molar-refractivity contribution in [3.8, 4) is 11.5 Å². The highest BCUT2D eigenvalue weighted by atomic mass is 16.5. The number of nitrogens with two attached hydrogens (primary N) is 1. The molecule has 2 rings (SSSR count). The smallest absolute Gasteiger partial charge is 0.130 e. The lowest BCUT2D eigenvalue weighted by Crippen LogP contribution is -2.03. The molecule has 0 radical (unpaired) electrons. The number of nitrogen functional groups attached to an aromatic ring is 1. The summed E-state index contributed by atoms with van der Waals surface area (Å²) in [7, 11) is 3.26. The van der Waals surface area contributed by atoms with E-state index in [1.807, 2.05) is 25.1 Å². The first kappa shape index (κ1) is 13.1. The van der Waals surface area contributed by atoms with Crippen molar-refractivity contribution in [2.45, 2.75) is 13.3 Å². The maximum absolute atomic E-state index is 5.90. The summed E-state index contributed by atoms with van der Waals surface area (Å²) in [5, 5.41) is 0. The summed E-state index contributed by atoms with van der Waals surface area (Å²) < 4.78 is 10.5. The molecule has 0 bridgehead atoms. The van der Waals surface area contributed by atoms with Crippen molar-refractivity contribution >= 4 is 5.82 Å². The number of ether oxygens (including phenoxy) is 2. The zero-order chi connectivity index (χ0) is 13.8. The number of hydrogen-bond donors (Lipinski definition) is 1. The van der Waals surface area contributed by atoms with E-state index in [2.05, 4.69) is 9.97 Å². The van der Waals surface area contributed by atoms with Gasteiger partial charge in [0.05, 0.1) is 14.2 Å². The lowest BCUT2D eigenvalue weighted by Gasteiger charge is -2.11. The van der Waals surface area contributed by atoms with Gasteiger partial charge in [0, 0.05) is 24.2 Å². The number of aromatic nitrogens is 2. The first-order valence-corrected chi connectivity index (χ1v) is 5.93. The summed E-state index contributed by atoms with van der Waals surface area (Å²) in [5.41, 5.74) is 7.80. The molecule has 0 aliphatic carbocycles. The highest BCUT2D eigenvalue weighted by Crippen LogP contribution is 2.27. The fraction of sp³-hybridized carbons (Fsp3) is 0.286. The maximum atomic E-state index is 5.90. The van der Waals surface area contributed by atoms with E-state index in [4.69, 9.17) is 15.2 Å². The number of aryl methyl sites for hydroxylation is 1. The largest absolute Gasteiger partial charge is 0.497 e. The Morgan fingerprint density at radius 2 is 1.95 bits per heavy atom.